The summed E-state index contributed by atoms with van der Waals surface area (Å²) < 4.78 is 14.3. The summed E-state index contributed by atoms with van der Waals surface area (Å²) in [5.74, 6) is -0.311. The molecule has 2 heterocycles. The Morgan fingerprint density at radius 1 is 1.26 bits per heavy atom. The second-order valence-corrected chi connectivity index (χ2v) is 6.84. The number of carbonyl (C=O) groups excluding carboxylic acids is 1. The van der Waals surface area contributed by atoms with Gasteiger partial charge in [-0.3, -0.25) is 4.79 Å². The molecule has 6 nitrogen and oxygen atoms in total. The van der Waals surface area contributed by atoms with Crippen LogP contribution in [-0.2, 0) is 0 Å². The highest BCUT2D eigenvalue weighted by Crippen LogP contribution is 2.30. The van der Waals surface area contributed by atoms with Crippen LogP contribution in [0.1, 0.15) is 16.8 Å². The number of hydrogen-bond donors (Lipinski definition) is 2. The zero-order valence-corrected chi connectivity index (χ0v) is 15.1. The molecule has 1 atom stereocenters. The first-order valence-electron chi connectivity index (χ1n) is 8.53. The lowest BCUT2D eigenvalue weighted by molar-refractivity contribution is 0.100. The Bertz CT molecular complexity index is 1030. The molecule has 8 heteroatoms. The zero-order chi connectivity index (χ0) is 19.0. The zero-order valence-electron chi connectivity index (χ0n) is 14.3. The van der Waals surface area contributed by atoms with Gasteiger partial charge in [0.05, 0.1) is 21.8 Å². The van der Waals surface area contributed by atoms with Crippen molar-refractivity contribution in [3.8, 4) is 0 Å². The van der Waals surface area contributed by atoms with E-state index >= 15 is 0 Å². The van der Waals surface area contributed by atoms with Crippen LogP contribution in [-0.4, -0.2) is 35.0 Å². The SMILES string of the molecule is NC(=O)c1cccc2c(NC3CCN(c4cccc(Cl)c4F)C3)ncnc12. The van der Waals surface area contributed by atoms with Gasteiger partial charge in [0.1, 0.15) is 12.1 Å². The molecule has 1 aliphatic rings. The first-order valence-corrected chi connectivity index (χ1v) is 8.91. The fraction of sp³-hybridized carbons (Fsp3) is 0.211. The number of halogens is 2. The van der Waals surface area contributed by atoms with Crippen molar-refractivity contribution in [3.63, 3.8) is 0 Å². The van der Waals surface area contributed by atoms with Gasteiger partial charge in [0, 0.05) is 24.5 Å². The van der Waals surface area contributed by atoms with E-state index < -0.39 is 11.7 Å². The maximum absolute atomic E-state index is 14.3. The Morgan fingerprint density at radius 3 is 2.89 bits per heavy atom. The number of anilines is 2. The molecule has 3 aromatic rings. The van der Waals surface area contributed by atoms with Crippen LogP contribution < -0.4 is 16.0 Å². The lowest BCUT2D eigenvalue weighted by Crippen LogP contribution is -2.27. The van der Waals surface area contributed by atoms with Crippen LogP contribution in [0.2, 0.25) is 5.02 Å². The normalized spacial score (nSPS) is 16.7. The minimum Gasteiger partial charge on any atom is -0.367 e. The number of hydrogen-bond acceptors (Lipinski definition) is 5. The molecule has 138 valence electrons. The first-order chi connectivity index (χ1) is 13.0. The van der Waals surface area contributed by atoms with Gasteiger partial charge in [0.2, 0.25) is 0 Å². The fourth-order valence-electron chi connectivity index (χ4n) is 3.43. The Labute approximate surface area is 160 Å². The van der Waals surface area contributed by atoms with Gasteiger partial charge in [0.25, 0.3) is 5.91 Å². The lowest BCUT2D eigenvalue weighted by Gasteiger charge is -2.20. The molecule has 0 radical (unpaired) electrons. The molecule has 0 spiro atoms. The summed E-state index contributed by atoms with van der Waals surface area (Å²) in [7, 11) is 0. The van der Waals surface area contributed by atoms with E-state index in [1.54, 1.807) is 24.3 Å². The van der Waals surface area contributed by atoms with Crippen LogP contribution in [0.4, 0.5) is 15.9 Å². The number of nitrogens with two attached hydrogens (primary N) is 1. The molecule has 2 aromatic carbocycles. The van der Waals surface area contributed by atoms with E-state index in [-0.39, 0.29) is 11.1 Å². The quantitative estimate of drug-likeness (QED) is 0.720. The van der Waals surface area contributed by atoms with Crippen molar-refractivity contribution < 1.29 is 9.18 Å². The molecule has 27 heavy (non-hydrogen) atoms. The Balaban J connectivity index is 1.58. The van der Waals surface area contributed by atoms with Crippen LogP contribution in [0.15, 0.2) is 42.7 Å². The van der Waals surface area contributed by atoms with Crippen molar-refractivity contribution in [3.05, 3.63) is 59.1 Å². The topological polar surface area (TPSA) is 84.1 Å². The highest BCUT2D eigenvalue weighted by Gasteiger charge is 2.26. The number of fused-ring (bicyclic) bond motifs is 1. The first kappa shape index (κ1) is 17.5. The summed E-state index contributed by atoms with van der Waals surface area (Å²) in [6.45, 7) is 1.31. The van der Waals surface area contributed by atoms with Gasteiger partial charge in [-0.2, -0.15) is 0 Å². The molecule has 0 bridgehead atoms. The molecule has 1 fully saturated rings. The molecular formula is C19H17ClFN5O. The van der Waals surface area contributed by atoms with Crippen LogP contribution in [0.5, 0.6) is 0 Å². The third-order valence-corrected chi connectivity index (χ3v) is 5.02. The fourth-order valence-corrected chi connectivity index (χ4v) is 3.60. The second kappa shape index (κ2) is 7.00. The van der Waals surface area contributed by atoms with Gasteiger partial charge in [0.15, 0.2) is 5.82 Å². The average Bonchev–Trinajstić information content (AvgIpc) is 3.12. The van der Waals surface area contributed by atoms with Crippen molar-refractivity contribution in [1.82, 2.24) is 9.97 Å². The molecule has 0 saturated carbocycles. The molecule has 4 rings (SSSR count). The van der Waals surface area contributed by atoms with Gasteiger partial charge in [-0.05, 0) is 30.7 Å². The molecule has 1 aromatic heterocycles. The number of aromatic nitrogens is 2. The van der Waals surface area contributed by atoms with Crippen molar-refractivity contribution in [2.75, 3.05) is 23.3 Å². The van der Waals surface area contributed by atoms with Gasteiger partial charge in [-0.1, -0.05) is 23.7 Å². The molecule has 1 aliphatic heterocycles. The number of para-hydroxylation sites is 1. The summed E-state index contributed by atoms with van der Waals surface area (Å²) in [6.07, 6.45) is 2.22. The van der Waals surface area contributed by atoms with Gasteiger partial charge >= 0.3 is 0 Å². The highest BCUT2D eigenvalue weighted by atomic mass is 35.5. The summed E-state index contributed by atoms with van der Waals surface area (Å²) in [6, 6.07) is 10.3. The van der Waals surface area contributed by atoms with Gasteiger partial charge < -0.3 is 16.0 Å². The van der Waals surface area contributed by atoms with E-state index in [1.807, 2.05) is 11.0 Å². The van der Waals surface area contributed by atoms with E-state index in [0.717, 1.165) is 11.8 Å². The standard InChI is InChI=1S/C19H17ClFN5O/c20-14-5-2-6-15(16(14)21)26-8-7-11(9-26)25-19-13-4-1-3-12(18(22)27)17(13)23-10-24-19/h1-6,10-11H,7-9H2,(H2,22,27)(H,23,24,25). The number of rotatable bonds is 4. The third-order valence-electron chi connectivity index (χ3n) is 4.73. The average molecular weight is 386 g/mol. The minimum atomic E-state index is -0.534. The largest absolute Gasteiger partial charge is 0.367 e. The highest BCUT2D eigenvalue weighted by molar-refractivity contribution is 6.31. The maximum atomic E-state index is 14.3. The van der Waals surface area contributed by atoms with Crippen LogP contribution >= 0.6 is 11.6 Å². The second-order valence-electron chi connectivity index (χ2n) is 6.44. The van der Waals surface area contributed by atoms with Crippen molar-refractivity contribution >= 4 is 39.9 Å². The maximum Gasteiger partial charge on any atom is 0.250 e. The molecular weight excluding hydrogens is 369 g/mol. The number of benzene rings is 2. The van der Waals surface area contributed by atoms with E-state index in [1.165, 1.54) is 12.4 Å². The van der Waals surface area contributed by atoms with Crippen LogP contribution in [0.25, 0.3) is 10.9 Å². The van der Waals surface area contributed by atoms with E-state index in [0.29, 0.717) is 35.7 Å². The summed E-state index contributed by atoms with van der Waals surface area (Å²) in [5.41, 5.74) is 6.79. The third kappa shape index (κ3) is 3.26. The molecule has 1 saturated heterocycles. The van der Waals surface area contributed by atoms with E-state index in [2.05, 4.69) is 15.3 Å². The summed E-state index contributed by atoms with van der Waals surface area (Å²) in [5, 5.41) is 4.22. The van der Waals surface area contributed by atoms with Crippen LogP contribution in [0.3, 0.4) is 0 Å². The number of nitrogens with one attached hydrogen (secondary N) is 1. The lowest BCUT2D eigenvalue weighted by atomic mass is 10.1. The predicted octanol–water partition coefficient (Wildman–Crippen LogP) is 3.21. The Kier molecular flexibility index (Phi) is 4.53. The minimum absolute atomic E-state index is 0.0683. The van der Waals surface area contributed by atoms with Crippen LogP contribution in [0, 0.1) is 5.82 Å². The smallest absolute Gasteiger partial charge is 0.250 e. The summed E-state index contributed by atoms with van der Waals surface area (Å²) >= 11 is 5.89. The van der Waals surface area contributed by atoms with Crippen molar-refractivity contribution in [2.24, 2.45) is 5.73 Å². The molecule has 1 unspecified atom stereocenters. The number of carbonyl (C=O) groups is 1. The molecule has 1 amide bonds. The number of nitrogens with zero attached hydrogens (tertiary/aromatic N) is 3. The van der Waals surface area contributed by atoms with E-state index in [4.69, 9.17) is 17.3 Å². The summed E-state index contributed by atoms with van der Waals surface area (Å²) in [4.78, 5) is 22.1. The van der Waals surface area contributed by atoms with Crippen molar-refractivity contribution in [1.29, 1.82) is 0 Å². The Hall–Kier alpha value is -2.93. The molecule has 3 N–H and O–H groups in total. The number of primary amides is 1. The van der Waals surface area contributed by atoms with Crippen molar-refractivity contribution in [2.45, 2.75) is 12.5 Å². The Morgan fingerprint density at radius 2 is 2.07 bits per heavy atom. The van der Waals surface area contributed by atoms with Gasteiger partial charge in [-0.25, -0.2) is 14.4 Å². The monoisotopic (exact) mass is 385 g/mol. The molecule has 0 aliphatic carbocycles. The number of amides is 1. The van der Waals surface area contributed by atoms with E-state index in [9.17, 15) is 9.18 Å². The predicted molar refractivity (Wildman–Crippen MR) is 104 cm³/mol. The van der Waals surface area contributed by atoms with Gasteiger partial charge in [-0.15, -0.1) is 0 Å².